The monoisotopic (exact) mass is 369 g/mol. The third-order valence-corrected chi connectivity index (χ3v) is 4.68. The topological polar surface area (TPSA) is 84.9 Å². The molecule has 6 nitrogen and oxygen atoms in total. The number of methoxy groups -OCH3 is 1. The van der Waals surface area contributed by atoms with Crippen LogP contribution in [-0.4, -0.2) is 30.2 Å². The Bertz CT molecular complexity index is 810. The van der Waals surface area contributed by atoms with Crippen LogP contribution in [0.1, 0.15) is 52.0 Å². The minimum Gasteiger partial charge on any atom is -0.493 e. The van der Waals surface area contributed by atoms with Crippen molar-refractivity contribution in [2.24, 2.45) is 0 Å². The van der Waals surface area contributed by atoms with Gasteiger partial charge in [0, 0.05) is 12.1 Å². The van der Waals surface area contributed by atoms with E-state index < -0.39 is 5.97 Å². The lowest BCUT2D eigenvalue weighted by Gasteiger charge is -2.16. The average molecular weight is 369 g/mol. The zero-order chi connectivity index (χ0) is 19.2. The lowest BCUT2D eigenvalue weighted by atomic mass is 10.1. The van der Waals surface area contributed by atoms with Crippen molar-refractivity contribution in [2.45, 2.75) is 38.3 Å². The number of carboxylic acid groups (broad SMARTS) is 1. The Hall–Kier alpha value is -3.02. The number of nitrogens with one attached hydrogen (secondary N) is 1. The highest BCUT2D eigenvalue weighted by Gasteiger charge is 2.19. The summed E-state index contributed by atoms with van der Waals surface area (Å²) in [6.45, 7) is 0.309. The van der Waals surface area contributed by atoms with Crippen LogP contribution < -0.4 is 14.8 Å². The molecular weight excluding hydrogens is 346 g/mol. The Morgan fingerprint density at radius 2 is 1.70 bits per heavy atom. The molecule has 2 aromatic rings. The average Bonchev–Trinajstić information content (AvgIpc) is 3.19. The zero-order valence-corrected chi connectivity index (χ0v) is 15.2. The first-order valence-corrected chi connectivity index (χ1v) is 9.02. The fourth-order valence-electron chi connectivity index (χ4n) is 3.15. The van der Waals surface area contributed by atoms with E-state index >= 15 is 0 Å². The molecule has 1 saturated carbocycles. The molecule has 0 spiro atoms. The molecule has 1 fully saturated rings. The summed E-state index contributed by atoms with van der Waals surface area (Å²) >= 11 is 0. The van der Waals surface area contributed by atoms with Crippen molar-refractivity contribution in [1.29, 1.82) is 0 Å². The number of hydrogen-bond acceptors (Lipinski definition) is 4. The van der Waals surface area contributed by atoms with Gasteiger partial charge in [0.1, 0.15) is 0 Å². The zero-order valence-electron chi connectivity index (χ0n) is 15.2. The van der Waals surface area contributed by atoms with Crippen LogP contribution in [0, 0.1) is 0 Å². The van der Waals surface area contributed by atoms with Crippen LogP contribution in [0.4, 0.5) is 0 Å². The first-order chi connectivity index (χ1) is 13.1. The number of benzene rings is 2. The van der Waals surface area contributed by atoms with Gasteiger partial charge in [0.05, 0.1) is 18.8 Å². The lowest BCUT2D eigenvalue weighted by molar-refractivity contribution is 0.0696. The van der Waals surface area contributed by atoms with Crippen molar-refractivity contribution in [1.82, 2.24) is 5.32 Å². The molecule has 0 bridgehead atoms. The molecule has 2 N–H and O–H groups in total. The van der Waals surface area contributed by atoms with E-state index in [4.69, 9.17) is 14.6 Å². The molecule has 142 valence electrons. The lowest BCUT2D eigenvalue weighted by Crippen LogP contribution is -2.23. The molecule has 2 aromatic carbocycles. The molecule has 0 heterocycles. The second-order valence-electron chi connectivity index (χ2n) is 6.57. The summed E-state index contributed by atoms with van der Waals surface area (Å²) in [6, 6.07) is 11.6. The second-order valence-corrected chi connectivity index (χ2v) is 6.57. The normalized spacial score (nSPS) is 14.0. The van der Waals surface area contributed by atoms with E-state index in [9.17, 15) is 9.59 Å². The highest BCUT2D eigenvalue weighted by Crippen LogP contribution is 2.32. The van der Waals surface area contributed by atoms with Crippen LogP contribution in [0.5, 0.6) is 11.5 Å². The number of ether oxygens (including phenoxy) is 2. The number of amides is 1. The molecule has 3 rings (SSSR count). The summed E-state index contributed by atoms with van der Waals surface area (Å²) in [7, 11) is 1.58. The molecular formula is C21H23NO5. The minimum absolute atomic E-state index is 0.171. The van der Waals surface area contributed by atoms with Gasteiger partial charge in [-0.3, -0.25) is 4.79 Å². The van der Waals surface area contributed by atoms with Gasteiger partial charge in [-0.2, -0.15) is 0 Å². The number of hydrogen-bond donors (Lipinski definition) is 2. The molecule has 1 aliphatic carbocycles. The highest BCUT2D eigenvalue weighted by molar-refractivity contribution is 5.94. The van der Waals surface area contributed by atoms with E-state index in [2.05, 4.69) is 5.32 Å². The summed E-state index contributed by atoms with van der Waals surface area (Å²) in [5, 5.41) is 11.8. The first-order valence-electron chi connectivity index (χ1n) is 9.02. The summed E-state index contributed by atoms with van der Waals surface area (Å²) in [5.41, 5.74) is 1.53. The maximum atomic E-state index is 12.5. The molecule has 0 unspecified atom stereocenters. The highest BCUT2D eigenvalue weighted by atomic mass is 16.5. The number of aromatic carboxylic acids is 1. The van der Waals surface area contributed by atoms with E-state index in [-0.39, 0.29) is 17.6 Å². The molecule has 0 aliphatic heterocycles. The van der Waals surface area contributed by atoms with Gasteiger partial charge in [-0.05, 0) is 61.6 Å². The molecule has 0 radical (unpaired) electrons. The van der Waals surface area contributed by atoms with E-state index in [0.717, 1.165) is 31.2 Å². The van der Waals surface area contributed by atoms with Crippen molar-refractivity contribution >= 4 is 11.9 Å². The maximum absolute atomic E-state index is 12.5. The van der Waals surface area contributed by atoms with Crippen LogP contribution in [0.2, 0.25) is 0 Å². The molecule has 6 heteroatoms. The quantitative estimate of drug-likeness (QED) is 0.778. The number of carbonyl (C=O) groups is 2. The third-order valence-electron chi connectivity index (χ3n) is 4.68. The fourth-order valence-corrected chi connectivity index (χ4v) is 3.15. The standard InChI is InChI=1S/C21H23NO5/c1-26-18-11-10-16(12-19(18)27-17-4-2-3-5-17)20(23)22-13-14-6-8-15(9-7-14)21(24)25/h6-12,17H,2-5,13H2,1H3,(H,22,23)(H,24,25). The van der Waals surface area contributed by atoms with Crippen LogP contribution in [0.25, 0.3) is 0 Å². The smallest absolute Gasteiger partial charge is 0.335 e. The van der Waals surface area contributed by atoms with Crippen molar-refractivity contribution < 1.29 is 24.2 Å². The Morgan fingerprint density at radius 1 is 1.04 bits per heavy atom. The van der Waals surface area contributed by atoms with Gasteiger partial charge in [0.25, 0.3) is 5.91 Å². The number of rotatable bonds is 7. The van der Waals surface area contributed by atoms with Gasteiger partial charge in [0.15, 0.2) is 11.5 Å². The van der Waals surface area contributed by atoms with Gasteiger partial charge in [-0.1, -0.05) is 12.1 Å². The number of carboxylic acids is 1. The first kappa shape index (κ1) is 18.8. The summed E-state index contributed by atoms with van der Waals surface area (Å²) in [4.78, 5) is 23.4. The van der Waals surface area contributed by atoms with Gasteiger partial charge < -0.3 is 19.9 Å². The fraction of sp³-hybridized carbons (Fsp3) is 0.333. The Morgan fingerprint density at radius 3 is 2.33 bits per heavy atom. The Kier molecular flexibility index (Phi) is 5.96. The van der Waals surface area contributed by atoms with Crippen molar-refractivity contribution in [3.05, 3.63) is 59.2 Å². The van der Waals surface area contributed by atoms with Gasteiger partial charge in [-0.15, -0.1) is 0 Å². The predicted molar refractivity (Wildman–Crippen MR) is 100 cm³/mol. The van der Waals surface area contributed by atoms with Gasteiger partial charge in [0.2, 0.25) is 0 Å². The molecule has 0 atom stereocenters. The summed E-state index contributed by atoms with van der Waals surface area (Å²) in [5.74, 6) is 0.000386. The van der Waals surface area contributed by atoms with E-state index in [1.807, 2.05) is 0 Å². The molecule has 0 aromatic heterocycles. The SMILES string of the molecule is COc1ccc(C(=O)NCc2ccc(C(=O)O)cc2)cc1OC1CCCC1. The largest absolute Gasteiger partial charge is 0.493 e. The third kappa shape index (κ3) is 4.78. The maximum Gasteiger partial charge on any atom is 0.335 e. The molecule has 1 aliphatic rings. The Balaban J connectivity index is 1.65. The molecule has 27 heavy (non-hydrogen) atoms. The summed E-state index contributed by atoms with van der Waals surface area (Å²) in [6.07, 6.45) is 4.53. The number of carbonyl (C=O) groups excluding carboxylic acids is 1. The van der Waals surface area contributed by atoms with Crippen LogP contribution in [0.3, 0.4) is 0 Å². The van der Waals surface area contributed by atoms with E-state index in [0.29, 0.717) is 23.6 Å². The summed E-state index contributed by atoms with van der Waals surface area (Å²) < 4.78 is 11.4. The Labute approximate surface area is 158 Å². The van der Waals surface area contributed by atoms with Crippen LogP contribution in [-0.2, 0) is 6.54 Å². The van der Waals surface area contributed by atoms with Gasteiger partial charge >= 0.3 is 5.97 Å². The van der Waals surface area contributed by atoms with E-state index in [1.165, 1.54) is 12.1 Å². The van der Waals surface area contributed by atoms with Crippen molar-refractivity contribution in [3.63, 3.8) is 0 Å². The van der Waals surface area contributed by atoms with Crippen molar-refractivity contribution in [2.75, 3.05) is 7.11 Å². The predicted octanol–water partition coefficient (Wildman–Crippen LogP) is 3.64. The van der Waals surface area contributed by atoms with Gasteiger partial charge in [-0.25, -0.2) is 4.79 Å². The second kappa shape index (κ2) is 8.58. The van der Waals surface area contributed by atoms with Crippen LogP contribution >= 0.6 is 0 Å². The van der Waals surface area contributed by atoms with Crippen molar-refractivity contribution in [3.8, 4) is 11.5 Å². The van der Waals surface area contributed by atoms with E-state index in [1.54, 1.807) is 37.4 Å². The van der Waals surface area contributed by atoms with Crippen LogP contribution in [0.15, 0.2) is 42.5 Å². The molecule has 1 amide bonds. The minimum atomic E-state index is -0.974. The molecule has 0 saturated heterocycles.